The lowest BCUT2D eigenvalue weighted by Gasteiger charge is -2.59. The Kier molecular flexibility index (Phi) is 3.85. The standard InChI is InChI=1S/C19H30O4Si/c1-7-18-11-13-8-9-19(18,14(12-20)16(21)22-18)15(10-13)23-24(5,6)17(2,3)4/h7,12-13,15,20H,1,8-11H2,2-6H3/b14-12+/t13-,15-,18+,19-/m0/s1. The summed E-state index contributed by atoms with van der Waals surface area (Å²) in [4.78, 5) is 12.5. The van der Waals surface area contributed by atoms with Crippen LogP contribution in [0.2, 0.25) is 18.1 Å². The molecule has 1 aliphatic heterocycles. The van der Waals surface area contributed by atoms with E-state index in [1.54, 1.807) is 6.08 Å². The van der Waals surface area contributed by atoms with Crippen molar-refractivity contribution in [1.29, 1.82) is 0 Å². The zero-order valence-electron chi connectivity index (χ0n) is 15.5. The molecule has 1 spiro atoms. The molecule has 0 aromatic carbocycles. The summed E-state index contributed by atoms with van der Waals surface area (Å²) in [5, 5.41) is 9.92. The van der Waals surface area contributed by atoms with Gasteiger partial charge in [0.2, 0.25) is 0 Å². The number of carbonyl (C=O) groups excluding carboxylic acids is 1. The first-order valence-corrected chi connectivity index (χ1v) is 11.8. The Morgan fingerprint density at radius 1 is 1.42 bits per heavy atom. The zero-order chi connectivity index (χ0) is 18.0. The number of aliphatic hydroxyl groups is 1. The van der Waals surface area contributed by atoms with Gasteiger partial charge >= 0.3 is 5.97 Å². The second-order valence-corrected chi connectivity index (χ2v) is 14.0. The lowest BCUT2D eigenvalue weighted by molar-refractivity contribution is -0.169. The van der Waals surface area contributed by atoms with E-state index >= 15 is 0 Å². The quantitative estimate of drug-likeness (QED) is 0.268. The number of hydrogen-bond acceptors (Lipinski definition) is 4. The van der Waals surface area contributed by atoms with Gasteiger partial charge in [0.25, 0.3) is 0 Å². The molecule has 134 valence electrons. The van der Waals surface area contributed by atoms with Crippen LogP contribution < -0.4 is 0 Å². The average molecular weight is 351 g/mol. The molecule has 4 atom stereocenters. The molecule has 1 saturated heterocycles. The van der Waals surface area contributed by atoms with Crippen molar-refractivity contribution in [2.75, 3.05) is 0 Å². The second-order valence-electron chi connectivity index (χ2n) is 9.21. The Bertz CT molecular complexity index is 603. The van der Waals surface area contributed by atoms with Gasteiger partial charge in [0, 0.05) is 0 Å². The smallest absolute Gasteiger partial charge is 0.338 e. The van der Waals surface area contributed by atoms with Crippen LogP contribution in [0.15, 0.2) is 24.5 Å². The molecule has 2 bridgehead atoms. The maximum absolute atomic E-state index is 12.5. The number of carbonyl (C=O) groups is 1. The highest BCUT2D eigenvalue weighted by atomic mass is 28.4. The molecule has 24 heavy (non-hydrogen) atoms. The van der Waals surface area contributed by atoms with Gasteiger partial charge < -0.3 is 14.3 Å². The van der Waals surface area contributed by atoms with Crippen molar-refractivity contribution in [2.24, 2.45) is 11.3 Å². The molecule has 1 heterocycles. The first kappa shape index (κ1) is 17.7. The molecule has 3 saturated carbocycles. The third kappa shape index (κ3) is 2.10. The molecule has 0 radical (unpaired) electrons. The van der Waals surface area contributed by atoms with Crippen LogP contribution in [0.3, 0.4) is 0 Å². The zero-order valence-corrected chi connectivity index (χ0v) is 16.5. The molecule has 4 aliphatic rings. The van der Waals surface area contributed by atoms with Crippen LogP contribution in [0.1, 0.15) is 46.5 Å². The van der Waals surface area contributed by atoms with E-state index in [0.29, 0.717) is 11.5 Å². The highest BCUT2D eigenvalue weighted by molar-refractivity contribution is 6.74. The van der Waals surface area contributed by atoms with Gasteiger partial charge in [-0.25, -0.2) is 4.79 Å². The molecule has 0 amide bonds. The molecule has 0 aromatic heterocycles. The van der Waals surface area contributed by atoms with Gasteiger partial charge in [0.1, 0.15) is 5.60 Å². The van der Waals surface area contributed by atoms with Crippen LogP contribution in [-0.2, 0) is 14.0 Å². The summed E-state index contributed by atoms with van der Waals surface area (Å²) in [6, 6.07) is 0. The molecule has 4 nitrogen and oxygen atoms in total. The number of hydrogen-bond donors (Lipinski definition) is 1. The van der Waals surface area contributed by atoms with Crippen molar-refractivity contribution >= 4 is 14.3 Å². The molecule has 1 N–H and O–H groups in total. The number of fused-ring (bicyclic) bond motifs is 2. The fraction of sp³-hybridized carbons (Fsp3) is 0.737. The number of esters is 1. The van der Waals surface area contributed by atoms with Crippen molar-refractivity contribution < 1.29 is 19.1 Å². The summed E-state index contributed by atoms with van der Waals surface area (Å²) in [6.07, 6.45) is 6.21. The van der Waals surface area contributed by atoms with Gasteiger partial charge in [-0.15, -0.1) is 0 Å². The van der Waals surface area contributed by atoms with Crippen LogP contribution in [0.25, 0.3) is 0 Å². The maximum Gasteiger partial charge on any atom is 0.338 e. The summed E-state index contributed by atoms with van der Waals surface area (Å²) in [6.45, 7) is 15.1. The summed E-state index contributed by atoms with van der Waals surface area (Å²) in [7, 11) is -2.01. The normalized spacial score (nSPS) is 40.5. The summed E-state index contributed by atoms with van der Waals surface area (Å²) in [5.74, 6) is 0.0641. The Labute approximate surface area is 146 Å². The van der Waals surface area contributed by atoms with Crippen molar-refractivity contribution in [2.45, 2.75) is 76.3 Å². The maximum atomic E-state index is 12.5. The Morgan fingerprint density at radius 3 is 2.62 bits per heavy atom. The SMILES string of the molecule is C=C[C@@]12C[C@H]3CC[C@]1(/C(=C/O)C(=O)O2)[C@@H](O[Si](C)(C)C(C)(C)C)C3. The van der Waals surface area contributed by atoms with E-state index in [1.807, 2.05) is 0 Å². The van der Waals surface area contributed by atoms with Gasteiger partial charge in [-0.1, -0.05) is 27.4 Å². The molecular formula is C19H30O4Si. The number of aliphatic hydroxyl groups excluding tert-OH is 1. The molecule has 0 aromatic rings. The molecule has 3 aliphatic carbocycles. The fourth-order valence-electron chi connectivity index (χ4n) is 4.72. The first-order valence-electron chi connectivity index (χ1n) is 8.92. The lowest BCUT2D eigenvalue weighted by atomic mass is 9.50. The van der Waals surface area contributed by atoms with Gasteiger partial charge in [-0.05, 0) is 55.8 Å². The highest BCUT2D eigenvalue weighted by Gasteiger charge is 2.71. The van der Waals surface area contributed by atoms with Crippen LogP contribution in [0, 0.1) is 11.3 Å². The fourth-order valence-corrected chi connectivity index (χ4v) is 6.08. The van der Waals surface area contributed by atoms with Crippen molar-refractivity contribution in [3.05, 3.63) is 24.5 Å². The Balaban J connectivity index is 2.09. The van der Waals surface area contributed by atoms with Crippen molar-refractivity contribution in [1.82, 2.24) is 0 Å². The number of rotatable bonds is 3. The molecule has 4 rings (SSSR count). The van der Waals surface area contributed by atoms with Crippen LogP contribution in [0.5, 0.6) is 0 Å². The van der Waals surface area contributed by atoms with Gasteiger partial charge in [0.05, 0.1) is 23.4 Å². The van der Waals surface area contributed by atoms with Crippen LogP contribution >= 0.6 is 0 Å². The first-order chi connectivity index (χ1) is 11.0. The average Bonchev–Trinajstić information content (AvgIpc) is 2.73. The van der Waals surface area contributed by atoms with E-state index in [2.05, 4.69) is 40.4 Å². The third-order valence-electron chi connectivity index (χ3n) is 7.07. The molecule has 0 unspecified atom stereocenters. The van der Waals surface area contributed by atoms with Crippen LogP contribution in [0.4, 0.5) is 0 Å². The van der Waals surface area contributed by atoms with E-state index in [4.69, 9.17) is 9.16 Å². The predicted molar refractivity (Wildman–Crippen MR) is 96.2 cm³/mol. The van der Waals surface area contributed by atoms with Gasteiger partial charge in [-0.2, -0.15) is 0 Å². The van der Waals surface area contributed by atoms with E-state index in [-0.39, 0.29) is 11.1 Å². The topological polar surface area (TPSA) is 55.8 Å². The van der Waals surface area contributed by atoms with Crippen LogP contribution in [-0.4, -0.2) is 31.1 Å². The second kappa shape index (κ2) is 5.21. The summed E-state index contributed by atoms with van der Waals surface area (Å²) in [5.41, 5.74) is -0.943. The van der Waals surface area contributed by atoms with Gasteiger partial charge in [-0.3, -0.25) is 0 Å². The lowest BCUT2D eigenvalue weighted by Crippen LogP contribution is -2.63. The van der Waals surface area contributed by atoms with E-state index in [0.717, 1.165) is 31.9 Å². The Morgan fingerprint density at radius 2 is 2.08 bits per heavy atom. The summed E-state index contributed by atoms with van der Waals surface area (Å²) < 4.78 is 12.6. The minimum absolute atomic E-state index is 0.0870. The highest BCUT2D eigenvalue weighted by Crippen LogP contribution is 2.66. The van der Waals surface area contributed by atoms with E-state index < -0.39 is 25.3 Å². The van der Waals surface area contributed by atoms with E-state index in [9.17, 15) is 9.90 Å². The third-order valence-corrected chi connectivity index (χ3v) is 11.6. The molecular weight excluding hydrogens is 320 g/mol. The van der Waals surface area contributed by atoms with Crippen molar-refractivity contribution in [3.8, 4) is 0 Å². The predicted octanol–water partition coefficient (Wildman–Crippen LogP) is 4.49. The van der Waals surface area contributed by atoms with E-state index in [1.165, 1.54) is 0 Å². The largest absolute Gasteiger partial charge is 0.515 e. The van der Waals surface area contributed by atoms with Crippen molar-refractivity contribution in [3.63, 3.8) is 0 Å². The Hall–Kier alpha value is -1.07. The monoisotopic (exact) mass is 350 g/mol. The minimum Gasteiger partial charge on any atom is -0.515 e. The molecule has 4 fully saturated rings. The summed E-state index contributed by atoms with van der Waals surface area (Å²) >= 11 is 0. The minimum atomic E-state index is -2.01. The molecule has 5 heteroatoms. The van der Waals surface area contributed by atoms with Gasteiger partial charge in [0.15, 0.2) is 8.32 Å². The number of ether oxygens (including phenoxy) is 1.